The number of ether oxygens (including phenoxy) is 2. The van der Waals surface area contributed by atoms with Crippen LogP contribution in [-0.2, 0) is 9.84 Å². The summed E-state index contributed by atoms with van der Waals surface area (Å²) in [4.78, 5) is 0. The molecule has 0 spiro atoms. The highest BCUT2D eigenvalue weighted by Crippen LogP contribution is 2.16. The molecule has 0 amide bonds. The Hall–Kier alpha value is -1.27. The van der Waals surface area contributed by atoms with Crippen molar-refractivity contribution < 1.29 is 17.9 Å². The molecule has 1 aromatic carbocycles. The molecule has 1 rings (SSSR count). The maximum Gasteiger partial charge on any atom is 0.153 e. The number of methoxy groups -OCH3 is 1. The van der Waals surface area contributed by atoms with E-state index in [0.717, 1.165) is 12.2 Å². The minimum absolute atomic E-state index is 0.0313. The fraction of sp³-hybridized carbons (Fsp3) is 0.538. The molecule has 0 aliphatic rings. The number of benzene rings is 1. The third kappa shape index (κ3) is 6.45. The van der Waals surface area contributed by atoms with E-state index in [9.17, 15) is 8.42 Å². The van der Waals surface area contributed by atoms with Gasteiger partial charge in [0.1, 0.15) is 18.1 Å². The van der Waals surface area contributed by atoms with Gasteiger partial charge in [0, 0.05) is 0 Å². The van der Waals surface area contributed by atoms with Crippen molar-refractivity contribution in [2.24, 2.45) is 5.73 Å². The summed E-state index contributed by atoms with van der Waals surface area (Å²) in [5.74, 6) is 1.58. The molecule has 1 aromatic rings. The Morgan fingerprint density at radius 2 is 1.68 bits per heavy atom. The van der Waals surface area contributed by atoms with Crippen molar-refractivity contribution in [1.82, 2.24) is 0 Å². The first-order valence-corrected chi connectivity index (χ1v) is 8.07. The number of hydrogen-bond acceptors (Lipinski definition) is 5. The minimum Gasteiger partial charge on any atom is -0.497 e. The molecule has 0 unspecified atom stereocenters. The zero-order valence-corrected chi connectivity index (χ0v) is 12.0. The van der Waals surface area contributed by atoms with E-state index >= 15 is 0 Å². The number of hydrogen-bond donors (Lipinski definition) is 1. The van der Waals surface area contributed by atoms with Gasteiger partial charge in [0.15, 0.2) is 9.84 Å². The summed E-state index contributed by atoms with van der Waals surface area (Å²) < 4.78 is 33.7. The molecule has 0 saturated carbocycles. The zero-order valence-electron chi connectivity index (χ0n) is 11.2. The second-order valence-corrected chi connectivity index (χ2v) is 6.48. The lowest BCUT2D eigenvalue weighted by Crippen LogP contribution is -2.17. The van der Waals surface area contributed by atoms with Crippen LogP contribution in [-0.4, -0.2) is 40.2 Å². The van der Waals surface area contributed by atoms with Gasteiger partial charge in [0.05, 0.1) is 18.6 Å². The largest absolute Gasteiger partial charge is 0.497 e. The lowest BCUT2D eigenvalue weighted by Gasteiger charge is -2.07. The SMILES string of the molecule is COc1ccc(OCCS(=O)(=O)CCCCN)cc1. The van der Waals surface area contributed by atoms with Gasteiger partial charge in [-0.05, 0) is 43.7 Å². The van der Waals surface area contributed by atoms with E-state index in [1.807, 2.05) is 0 Å². The van der Waals surface area contributed by atoms with E-state index in [0.29, 0.717) is 18.7 Å². The van der Waals surface area contributed by atoms with Gasteiger partial charge in [-0.1, -0.05) is 0 Å². The monoisotopic (exact) mass is 287 g/mol. The van der Waals surface area contributed by atoms with Crippen LogP contribution in [0.25, 0.3) is 0 Å². The Balaban J connectivity index is 2.32. The number of rotatable bonds is 9. The molecule has 0 aliphatic carbocycles. The molecule has 0 bridgehead atoms. The highest BCUT2D eigenvalue weighted by Gasteiger charge is 2.10. The van der Waals surface area contributed by atoms with Crippen molar-refractivity contribution in [2.45, 2.75) is 12.8 Å². The van der Waals surface area contributed by atoms with Crippen molar-refractivity contribution >= 4 is 9.84 Å². The van der Waals surface area contributed by atoms with Crippen molar-refractivity contribution in [1.29, 1.82) is 0 Å². The topological polar surface area (TPSA) is 78.6 Å². The molecule has 2 N–H and O–H groups in total. The van der Waals surface area contributed by atoms with Crippen LogP contribution in [0.2, 0.25) is 0 Å². The van der Waals surface area contributed by atoms with Crippen molar-refractivity contribution in [2.75, 3.05) is 31.8 Å². The Morgan fingerprint density at radius 3 is 2.26 bits per heavy atom. The smallest absolute Gasteiger partial charge is 0.153 e. The molecule has 6 heteroatoms. The normalized spacial score (nSPS) is 11.3. The maximum absolute atomic E-state index is 11.7. The van der Waals surface area contributed by atoms with Crippen LogP contribution in [0, 0.1) is 0 Å². The van der Waals surface area contributed by atoms with E-state index in [1.165, 1.54) is 0 Å². The average molecular weight is 287 g/mol. The maximum atomic E-state index is 11.7. The second-order valence-electron chi connectivity index (χ2n) is 4.17. The summed E-state index contributed by atoms with van der Waals surface area (Å²) >= 11 is 0. The van der Waals surface area contributed by atoms with Crippen molar-refractivity contribution in [3.8, 4) is 11.5 Å². The molecule has 0 radical (unpaired) electrons. The predicted octanol–water partition coefficient (Wildman–Crippen LogP) is 1.23. The van der Waals surface area contributed by atoms with Crippen LogP contribution >= 0.6 is 0 Å². The van der Waals surface area contributed by atoms with Gasteiger partial charge < -0.3 is 15.2 Å². The molecular weight excluding hydrogens is 266 g/mol. The lowest BCUT2D eigenvalue weighted by molar-refractivity contribution is 0.339. The average Bonchev–Trinajstić information content (AvgIpc) is 2.39. The van der Waals surface area contributed by atoms with Gasteiger partial charge in [0.25, 0.3) is 0 Å². The highest BCUT2D eigenvalue weighted by molar-refractivity contribution is 7.91. The molecule has 108 valence electrons. The number of sulfone groups is 1. The number of unbranched alkanes of at least 4 members (excludes halogenated alkanes) is 1. The molecular formula is C13H21NO4S. The molecule has 5 nitrogen and oxygen atoms in total. The minimum atomic E-state index is -3.04. The Morgan fingerprint density at radius 1 is 1.05 bits per heavy atom. The first-order valence-electron chi connectivity index (χ1n) is 6.25. The highest BCUT2D eigenvalue weighted by atomic mass is 32.2. The van der Waals surface area contributed by atoms with E-state index in [1.54, 1.807) is 31.4 Å². The van der Waals surface area contributed by atoms with Gasteiger partial charge in [-0.2, -0.15) is 0 Å². The summed E-state index contributed by atoms with van der Waals surface area (Å²) in [5.41, 5.74) is 5.33. The third-order valence-electron chi connectivity index (χ3n) is 2.63. The first-order chi connectivity index (χ1) is 9.07. The van der Waals surface area contributed by atoms with Crippen molar-refractivity contribution in [3.05, 3.63) is 24.3 Å². The second kappa shape index (κ2) is 8.01. The quantitative estimate of drug-likeness (QED) is 0.691. The Kier molecular flexibility index (Phi) is 6.66. The summed E-state index contributed by atoms with van der Waals surface area (Å²) in [6, 6.07) is 7.04. The molecule has 19 heavy (non-hydrogen) atoms. The Labute approximate surface area is 114 Å². The molecule has 0 atom stereocenters. The van der Waals surface area contributed by atoms with Gasteiger partial charge in [-0.3, -0.25) is 0 Å². The zero-order chi connectivity index (χ0) is 14.1. The van der Waals surface area contributed by atoms with E-state index in [4.69, 9.17) is 15.2 Å². The van der Waals surface area contributed by atoms with Crippen LogP contribution in [0.5, 0.6) is 11.5 Å². The van der Waals surface area contributed by atoms with Crippen LogP contribution in [0.15, 0.2) is 24.3 Å². The van der Waals surface area contributed by atoms with Crippen LogP contribution < -0.4 is 15.2 Å². The first kappa shape index (κ1) is 15.8. The number of nitrogens with two attached hydrogens (primary N) is 1. The Bertz CT molecular complexity index is 456. The third-order valence-corrected chi connectivity index (χ3v) is 4.33. The van der Waals surface area contributed by atoms with Crippen LogP contribution in [0.3, 0.4) is 0 Å². The molecule has 0 fully saturated rings. The molecule has 0 heterocycles. The summed E-state index contributed by atoms with van der Waals surface area (Å²) in [6.07, 6.45) is 1.35. The predicted molar refractivity (Wildman–Crippen MR) is 75.4 cm³/mol. The lowest BCUT2D eigenvalue weighted by atomic mass is 10.3. The van der Waals surface area contributed by atoms with Gasteiger partial charge in [-0.15, -0.1) is 0 Å². The molecule has 0 aromatic heterocycles. The van der Waals surface area contributed by atoms with Gasteiger partial charge >= 0.3 is 0 Å². The van der Waals surface area contributed by atoms with E-state index < -0.39 is 9.84 Å². The standard InChI is InChI=1S/C13H21NO4S/c1-17-12-4-6-13(7-5-12)18-9-11-19(15,16)10-3-2-8-14/h4-7H,2-3,8-11,14H2,1H3. The molecule has 0 saturated heterocycles. The van der Waals surface area contributed by atoms with Gasteiger partial charge in [-0.25, -0.2) is 8.42 Å². The fourth-order valence-electron chi connectivity index (χ4n) is 1.53. The van der Waals surface area contributed by atoms with Gasteiger partial charge in [0.2, 0.25) is 0 Å². The molecule has 0 aliphatic heterocycles. The van der Waals surface area contributed by atoms with E-state index in [2.05, 4.69) is 0 Å². The summed E-state index contributed by atoms with van der Waals surface area (Å²) in [6.45, 7) is 0.690. The summed E-state index contributed by atoms with van der Waals surface area (Å²) in [5, 5.41) is 0. The van der Waals surface area contributed by atoms with Crippen molar-refractivity contribution in [3.63, 3.8) is 0 Å². The van der Waals surface area contributed by atoms with Crippen LogP contribution in [0.4, 0.5) is 0 Å². The fourth-order valence-corrected chi connectivity index (χ4v) is 2.71. The summed E-state index contributed by atoms with van der Waals surface area (Å²) in [7, 11) is -1.45. The van der Waals surface area contributed by atoms with Crippen LogP contribution in [0.1, 0.15) is 12.8 Å². The van der Waals surface area contributed by atoms with E-state index in [-0.39, 0.29) is 18.1 Å².